The number of hydrogen-bond donors (Lipinski definition) is 4. The molecule has 3 aromatic heterocycles. The smallest absolute Gasteiger partial charge is 0.472 e. The van der Waals surface area contributed by atoms with E-state index < -0.39 is 100 Å². The molecule has 5 heterocycles. The number of nitrogen functional groups attached to an aromatic ring is 1. The monoisotopic (exact) mass is 923 g/mol. The number of aromatic amines is 1. The van der Waals surface area contributed by atoms with Crippen LogP contribution in [0.5, 0.6) is 11.5 Å². The lowest BCUT2D eigenvalue weighted by molar-refractivity contribution is -0.155. The summed E-state index contributed by atoms with van der Waals surface area (Å²) < 4.78 is 60.9. The number of fused-ring (bicyclic) bond motifs is 1. The molecule has 1 amide bonds. The molecule has 2 aliphatic rings. The molecule has 5 N–H and O–H groups in total. The van der Waals surface area contributed by atoms with Crippen molar-refractivity contribution in [3.05, 3.63) is 93.7 Å². The Labute approximate surface area is 368 Å². The third-order valence-corrected chi connectivity index (χ3v) is 11.0. The predicted molar refractivity (Wildman–Crippen MR) is 224 cm³/mol. The molecule has 346 valence electrons. The topological polar surface area (TPSA) is 312 Å². The number of rotatable bonds is 20. The van der Waals surface area contributed by atoms with Crippen molar-refractivity contribution in [2.75, 3.05) is 37.5 Å². The molecule has 2 saturated heterocycles. The van der Waals surface area contributed by atoms with Crippen molar-refractivity contribution < 1.29 is 61.3 Å². The lowest BCUT2D eigenvalue weighted by Gasteiger charge is -2.23. The fourth-order valence-corrected chi connectivity index (χ4v) is 7.87. The Morgan fingerprint density at radius 3 is 2.31 bits per heavy atom. The Morgan fingerprint density at radius 1 is 0.908 bits per heavy atom. The summed E-state index contributed by atoms with van der Waals surface area (Å²) in [6.07, 6.45) is -1.98. The van der Waals surface area contributed by atoms with Crippen LogP contribution < -0.4 is 31.8 Å². The highest BCUT2D eigenvalue weighted by atomic mass is 31.2. The standard InChI is InChI=1S/C40H46N9O15P/c1-3-4-8-24-11-13-26(14-12-24)59-20-34(52)63-27-15-32(48-21-42-35-36(48)45-39(46-37(35)53)44-31(51)19-58-25-9-6-5-7-10-25)62-30(27)18-60-65(55,56)64-28-16-33(61-29(28)17-57-23(2)50)49-22-43-38(41)47-40(49)54/h5-7,9-14,21-22,27-30,32-33H,3-4,8,15-20H2,1-2H3,(H,55,56)(H2,41,47,54)(H2,44,45,46,51,53)/t27-,28-,29?,30?,32-,33-/m1/s1. The highest BCUT2D eigenvalue weighted by Crippen LogP contribution is 2.49. The van der Waals surface area contributed by atoms with Gasteiger partial charge in [-0.25, -0.2) is 24.1 Å². The second kappa shape index (κ2) is 21.0. The van der Waals surface area contributed by atoms with Crippen LogP contribution in [0.1, 0.15) is 57.6 Å². The van der Waals surface area contributed by atoms with E-state index in [0.29, 0.717) is 11.5 Å². The molecular formula is C40H46N9O15P. The minimum atomic E-state index is -5.04. The van der Waals surface area contributed by atoms with Crippen molar-refractivity contribution in [2.45, 2.75) is 82.8 Å². The first kappa shape index (κ1) is 46.4. The number of phosphoric acid groups is 1. The number of aryl methyl sites for hydroxylation is 1. The molecule has 0 saturated carbocycles. The summed E-state index contributed by atoms with van der Waals surface area (Å²) in [7, 11) is -5.04. The zero-order valence-corrected chi connectivity index (χ0v) is 35.9. The second-order valence-corrected chi connectivity index (χ2v) is 16.2. The molecule has 5 aromatic rings. The Balaban J connectivity index is 1.06. The number of para-hydroxylation sites is 1. The number of esters is 2. The fourth-order valence-electron chi connectivity index (χ4n) is 6.91. The average Bonchev–Trinajstić information content (AvgIpc) is 4.00. The number of nitrogens with one attached hydrogen (secondary N) is 2. The third-order valence-electron chi connectivity index (χ3n) is 10.0. The van der Waals surface area contributed by atoms with Crippen LogP contribution in [0.2, 0.25) is 0 Å². The first-order valence-electron chi connectivity index (χ1n) is 20.4. The van der Waals surface area contributed by atoms with Crippen molar-refractivity contribution >= 4 is 48.7 Å². The number of hydrogen-bond acceptors (Lipinski definition) is 19. The summed E-state index contributed by atoms with van der Waals surface area (Å²) in [6, 6.07) is 15.9. The fraction of sp³-hybridized carbons (Fsp3) is 0.425. The number of H-pyrrole nitrogens is 1. The van der Waals surface area contributed by atoms with E-state index in [9.17, 15) is 33.4 Å². The highest BCUT2D eigenvalue weighted by molar-refractivity contribution is 7.47. The number of carbonyl (C=O) groups is 3. The van der Waals surface area contributed by atoms with Gasteiger partial charge in [0.05, 0.1) is 12.9 Å². The van der Waals surface area contributed by atoms with E-state index in [1.54, 1.807) is 42.5 Å². The molecule has 3 unspecified atom stereocenters. The highest BCUT2D eigenvalue weighted by Gasteiger charge is 2.45. The van der Waals surface area contributed by atoms with Gasteiger partial charge in [-0.15, -0.1) is 0 Å². The van der Waals surface area contributed by atoms with Crippen LogP contribution in [0.15, 0.2) is 76.8 Å². The summed E-state index contributed by atoms with van der Waals surface area (Å²) in [5.74, 6) is -1.74. The molecule has 2 aliphatic heterocycles. The summed E-state index contributed by atoms with van der Waals surface area (Å²) >= 11 is 0. The van der Waals surface area contributed by atoms with E-state index in [1.165, 1.54) is 10.9 Å². The van der Waals surface area contributed by atoms with Crippen LogP contribution in [0.4, 0.5) is 11.9 Å². The number of amides is 1. The van der Waals surface area contributed by atoms with Gasteiger partial charge in [-0.05, 0) is 42.7 Å². The Bertz CT molecular complexity index is 2630. The molecule has 0 spiro atoms. The second-order valence-electron chi connectivity index (χ2n) is 14.8. The first-order valence-corrected chi connectivity index (χ1v) is 21.9. The summed E-state index contributed by atoms with van der Waals surface area (Å²) in [6.45, 7) is 1.25. The molecule has 2 aromatic carbocycles. The van der Waals surface area contributed by atoms with Crippen molar-refractivity contribution in [3.63, 3.8) is 0 Å². The molecule has 25 heteroatoms. The lowest BCUT2D eigenvalue weighted by Crippen LogP contribution is -2.33. The number of benzene rings is 2. The number of carbonyl (C=O) groups excluding carboxylic acids is 3. The number of nitrogens with zero attached hydrogens (tertiary/aromatic N) is 6. The number of anilines is 2. The minimum Gasteiger partial charge on any atom is -0.484 e. The van der Waals surface area contributed by atoms with Crippen LogP contribution >= 0.6 is 7.82 Å². The molecule has 24 nitrogen and oxygen atoms in total. The van der Waals surface area contributed by atoms with Gasteiger partial charge in [0.25, 0.3) is 11.5 Å². The van der Waals surface area contributed by atoms with Gasteiger partial charge in [0, 0.05) is 19.8 Å². The molecule has 7 rings (SSSR count). The van der Waals surface area contributed by atoms with Crippen molar-refractivity contribution in [2.24, 2.45) is 0 Å². The van der Waals surface area contributed by atoms with Gasteiger partial charge < -0.3 is 39.0 Å². The number of aromatic nitrogens is 7. The van der Waals surface area contributed by atoms with Gasteiger partial charge in [0.2, 0.25) is 11.9 Å². The van der Waals surface area contributed by atoms with Crippen molar-refractivity contribution in [1.29, 1.82) is 0 Å². The van der Waals surface area contributed by atoms with Crippen LogP contribution in [-0.4, -0.2) is 108 Å². The maximum absolute atomic E-state index is 13.6. The van der Waals surface area contributed by atoms with Gasteiger partial charge >= 0.3 is 25.5 Å². The van der Waals surface area contributed by atoms with E-state index >= 15 is 0 Å². The molecule has 0 radical (unpaired) electrons. The summed E-state index contributed by atoms with van der Waals surface area (Å²) in [5.41, 5.74) is 4.97. The maximum Gasteiger partial charge on any atom is 0.472 e. The van der Waals surface area contributed by atoms with E-state index in [4.69, 9.17) is 43.2 Å². The SMILES string of the molecule is CCCCc1ccc(OCC(=O)O[C@@H]2C[C@H](n3cnc4c(=O)[nH]c(NC(=O)COc5ccccc5)nc43)OC2COP(=O)(O)O[C@@H]2C[C@H](n3cnc(N)nc3=O)OC2COC(C)=O)cc1. The number of imidazole rings is 1. The maximum atomic E-state index is 13.6. The van der Waals surface area contributed by atoms with E-state index in [2.05, 4.69) is 37.2 Å². The van der Waals surface area contributed by atoms with Gasteiger partial charge in [0.1, 0.15) is 61.3 Å². The van der Waals surface area contributed by atoms with Crippen LogP contribution in [0.3, 0.4) is 0 Å². The molecule has 0 bridgehead atoms. The molecule has 2 fully saturated rings. The van der Waals surface area contributed by atoms with Crippen LogP contribution in [-0.2, 0) is 53.4 Å². The zero-order valence-electron chi connectivity index (χ0n) is 35.0. The van der Waals surface area contributed by atoms with Gasteiger partial charge in [-0.1, -0.05) is 43.7 Å². The van der Waals surface area contributed by atoms with Crippen LogP contribution in [0, 0.1) is 0 Å². The first-order chi connectivity index (χ1) is 31.2. The zero-order chi connectivity index (χ0) is 46.1. The van der Waals surface area contributed by atoms with E-state index in [1.807, 2.05) is 12.1 Å². The lowest BCUT2D eigenvalue weighted by atomic mass is 10.1. The average molecular weight is 924 g/mol. The van der Waals surface area contributed by atoms with Gasteiger partial charge in [-0.3, -0.25) is 42.9 Å². The molecule has 65 heavy (non-hydrogen) atoms. The molecular weight excluding hydrogens is 877 g/mol. The van der Waals surface area contributed by atoms with E-state index in [-0.39, 0.29) is 35.9 Å². The Kier molecular flexibility index (Phi) is 15.0. The van der Waals surface area contributed by atoms with Crippen LogP contribution in [0.25, 0.3) is 11.2 Å². The number of unbranched alkanes of at least 4 members (excludes halogenated alkanes) is 1. The predicted octanol–water partition coefficient (Wildman–Crippen LogP) is 2.34. The minimum absolute atomic E-state index is 0.0215. The quantitative estimate of drug-likeness (QED) is 0.0643. The molecule has 7 atom stereocenters. The van der Waals surface area contributed by atoms with Crippen molar-refractivity contribution in [3.8, 4) is 11.5 Å². The normalized spacial score (nSPS) is 21.4. The van der Waals surface area contributed by atoms with E-state index in [0.717, 1.165) is 42.6 Å². The Hall–Kier alpha value is -6.56. The number of nitrogens with two attached hydrogens (primary N) is 1. The van der Waals surface area contributed by atoms with Gasteiger partial charge in [0.15, 0.2) is 24.4 Å². The molecule has 0 aliphatic carbocycles. The number of ether oxygens (including phenoxy) is 6. The Morgan fingerprint density at radius 2 is 1.58 bits per heavy atom. The summed E-state index contributed by atoms with van der Waals surface area (Å²) in [5, 5.41) is 2.49. The third kappa shape index (κ3) is 12.4. The largest absolute Gasteiger partial charge is 0.484 e. The van der Waals surface area contributed by atoms with Gasteiger partial charge in [-0.2, -0.15) is 9.97 Å². The summed E-state index contributed by atoms with van der Waals surface area (Å²) in [4.78, 5) is 92.6. The van der Waals surface area contributed by atoms with Crippen molar-refractivity contribution in [1.82, 2.24) is 34.1 Å². The number of phosphoric ester groups is 1.